The third-order valence-corrected chi connectivity index (χ3v) is 1.79. The number of thiocarbonyl (C=S) groups is 1. The Balaban J connectivity index is 2.96. The summed E-state index contributed by atoms with van der Waals surface area (Å²) in [4.78, 5) is 0. The number of hydrogen-bond donors (Lipinski definition) is 1. The average Bonchev–Trinajstić information content (AvgIpc) is 2.15. The van der Waals surface area contributed by atoms with Gasteiger partial charge in [-0.2, -0.15) is 0 Å². The van der Waals surface area contributed by atoms with Crippen molar-refractivity contribution in [3.05, 3.63) is 42.1 Å². The molecule has 1 aromatic rings. The van der Waals surface area contributed by atoms with Crippen LogP contribution in [-0.4, -0.2) is 12.4 Å². The van der Waals surface area contributed by atoms with Gasteiger partial charge in [-0.05, 0) is 5.56 Å². The Morgan fingerprint density at radius 1 is 1.33 bits per heavy atom. The van der Waals surface area contributed by atoms with Crippen LogP contribution in [0.3, 0.4) is 0 Å². The van der Waals surface area contributed by atoms with Gasteiger partial charge in [-0.1, -0.05) is 42.5 Å². The molecule has 0 fully saturated rings. The minimum atomic E-state index is 1.04. The van der Waals surface area contributed by atoms with E-state index in [2.05, 4.69) is 5.32 Å². The Morgan fingerprint density at radius 3 is 2.50 bits per heavy atom. The first-order valence-electron chi connectivity index (χ1n) is 3.76. The van der Waals surface area contributed by atoms with E-state index in [9.17, 15) is 0 Å². The summed E-state index contributed by atoms with van der Waals surface area (Å²) in [6.45, 7) is 0. The fraction of sp³-hybridized carbons (Fsp3) is 0.100. The summed E-state index contributed by atoms with van der Waals surface area (Å²) in [7, 11) is 1.86. The second-order valence-electron chi connectivity index (χ2n) is 2.37. The van der Waals surface area contributed by atoms with Crippen LogP contribution >= 0.6 is 12.2 Å². The smallest absolute Gasteiger partial charge is 0.0107 e. The molecule has 0 aliphatic rings. The maximum Gasteiger partial charge on any atom is 0.0107 e. The van der Waals surface area contributed by atoms with Crippen LogP contribution in [0.2, 0.25) is 0 Å². The first kappa shape index (κ1) is 8.94. The molecule has 0 spiro atoms. The molecule has 0 radical (unpaired) electrons. The lowest BCUT2D eigenvalue weighted by Gasteiger charge is -1.99. The zero-order valence-electron chi connectivity index (χ0n) is 6.95. The molecule has 2 heteroatoms. The van der Waals surface area contributed by atoms with Gasteiger partial charge in [-0.25, -0.2) is 0 Å². The fourth-order valence-corrected chi connectivity index (χ4v) is 1.18. The molecule has 0 aliphatic carbocycles. The van der Waals surface area contributed by atoms with Crippen LogP contribution in [0.4, 0.5) is 0 Å². The summed E-state index contributed by atoms with van der Waals surface area (Å²) in [6, 6.07) is 10.1. The normalized spacial score (nSPS) is 10.9. The van der Waals surface area contributed by atoms with Crippen LogP contribution in [0.1, 0.15) is 5.56 Å². The highest BCUT2D eigenvalue weighted by molar-refractivity contribution is 7.79. The number of hydrogen-bond acceptors (Lipinski definition) is 2. The van der Waals surface area contributed by atoms with E-state index in [1.807, 2.05) is 43.6 Å². The van der Waals surface area contributed by atoms with Crippen LogP contribution in [0.15, 0.2) is 36.5 Å². The summed E-state index contributed by atoms with van der Waals surface area (Å²) < 4.78 is 0. The minimum Gasteiger partial charge on any atom is -0.393 e. The lowest BCUT2D eigenvalue weighted by Crippen LogP contribution is -1.96. The standard InChI is InChI=1S/C10H11NS/c1-11-7-10(8-12)9-5-3-2-4-6-9/h2-8,11H,1H3/b10-7-. The highest BCUT2D eigenvalue weighted by Gasteiger charge is 1.94. The molecule has 0 atom stereocenters. The molecule has 0 aliphatic heterocycles. The van der Waals surface area contributed by atoms with Gasteiger partial charge in [0.2, 0.25) is 0 Å². The first-order valence-corrected chi connectivity index (χ1v) is 4.23. The Hall–Kier alpha value is -1.15. The number of nitrogens with one attached hydrogen (secondary N) is 1. The van der Waals surface area contributed by atoms with Crippen LogP contribution in [0.25, 0.3) is 5.57 Å². The summed E-state index contributed by atoms with van der Waals surface area (Å²) in [5, 5.41) is 4.63. The molecule has 0 aromatic heterocycles. The van der Waals surface area contributed by atoms with E-state index in [1.54, 1.807) is 5.37 Å². The van der Waals surface area contributed by atoms with E-state index < -0.39 is 0 Å². The first-order chi connectivity index (χ1) is 5.88. The average molecular weight is 177 g/mol. The molecule has 0 saturated carbocycles. The SMILES string of the molecule is CN/C=C(/C=S)c1ccccc1. The Labute approximate surface area is 78.1 Å². The molecule has 62 valence electrons. The van der Waals surface area contributed by atoms with E-state index in [-0.39, 0.29) is 0 Å². The molecule has 0 bridgehead atoms. The van der Waals surface area contributed by atoms with Gasteiger partial charge in [0.25, 0.3) is 0 Å². The summed E-state index contributed by atoms with van der Waals surface area (Å²) in [5.41, 5.74) is 2.18. The van der Waals surface area contributed by atoms with Gasteiger partial charge < -0.3 is 5.32 Å². The lowest BCUT2D eigenvalue weighted by atomic mass is 10.1. The Bertz CT molecular complexity index is 277. The third kappa shape index (κ3) is 2.17. The molecule has 12 heavy (non-hydrogen) atoms. The quantitative estimate of drug-likeness (QED) is 0.561. The predicted octanol–water partition coefficient (Wildman–Crippen LogP) is 2.25. The predicted molar refractivity (Wildman–Crippen MR) is 57.1 cm³/mol. The van der Waals surface area contributed by atoms with Crippen molar-refractivity contribution in [3.63, 3.8) is 0 Å². The molecular formula is C10H11NS. The van der Waals surface area contributed by atoms with Crippen LogP contribution in [-0.2, 0) is 0 Å². The van der Waals surface area contributed by atoms with Crippen LogP contribution in [0.5, 0.6) is 0 Å². The minimum absolute atomic E-state index is 1.04. The van der Waals surface area contributed by atoms with E-state index in [4.69, 9.17) is 12.2 Å². The van der Waals surface area contributed by atoms with Gasteiger partial charge in [0, 0.05) is 24.2 Å². The molecule has 0 saturated heterocycles. The molecular weight excluding hydrogens is 166 g/mol. The number of allylic oxidation sites excluding steroid dienone is 1. The van der Waals surface area contributed by atoms with Gasteiger partial charge in [-0.15, -0.1) is 0 Å². The van der Waals surface area contributed by atoms with Crippen molar-refractivity contribution in [3.8, 4) is 0 Å². The lowest BCUT2D eigenvalue weighted by molar-refractivity contribution is 1.11. The van der Waals surface area contributed by atoms with Crippen molar-refractivity contribution >= 4 is 23.2 Å². The van der Waals surface area contributed by atoms with Gasteiger partial charge in [0.1, 0.15) is 0 Å². The van der Waals surface area contributed by atoms with Crippen LogP contribution < -0.4 is 5.32 Å². The van der Waals surface area contributed by atoms with E-state index in [0.717, 1.165) is 11.1 Å². The molecule has 1 nitrogen and oxygen atoms in total. The molecule has 1 N–H and O–H groups in total. The largest absolute Gasteiger partial charge is 0.393 e. The zero-order valence-corrected chi connectivity index (χ0v) is 7.77. The van der Waals surface area contributed by atoms with E-state index in [1.165, 1.54) is 0 Å². The summed E-state index contributed by atoms with van der Waals surface area (Å²) >= 11 is 4.89. The van der Waals surface area contributed by atoms with Crippen LogP contribution in [0, 0.1) is 0 Å². The molecule has 0 heterocycles. The highest BCUT2D eigenvalue weighted by Crippen LogP contribution is 2.10. The van der Waals surface area contributed by atoms with Crippen molar-refractivity contribution in [2.75, 3.05) is 7.05 Å². The van der Waals surface area contributed by atoms with E-state index >= 15 is 0 Å². The van der Waals surface area contributed by atoms with Gasteiger partial charge in [0.05, 0.1) is 0 Å². The molecule has 1 aromatic carbocycles. The van der Waals surface area contributed by atoms with Crippen molar-refractivity contribution in [2.24, 2.45) is 0 Å². The highest BCUT2D eigenvalue weighted by atomic mass is 32.1. The monoisotopic (exact) mass is 177 g/mol. The number of benzene rings is 1. The summed E-state index contributed by atoms with van der Waals surface area (Å²) in [6.07, 6.45) is 1.89. The van der Waals surface area contributed by atoms with Crippen molar-refractivity contribution in [1.29, 1.82) is 0 Å². The van der Waals surface area contributed by atoms with Crippen molar-refractivity contribution < 1.29 is 0 Å². The molecule has 0 amide bonds. The second kappa shape index (κ2) is 4.67. The fourth-order valence-electron chi connectivity index (χ4n) is 0.972. The second-order valence-corrected chi connectivity index (χ2v) is 2.61. The maximum atomic E-state index is 4.89. The topological polar surface area (TPSA) is 12.0 Å². The Kier molecular flexibility index (Phi) is 3.48. The van der Waals surface area contributed by atoms with Gasteiger partial charge in [0.15, 0.2) is 0 Å². The van der Waals surface area contributed by atoms with Crippen molar-refractivity contribution in [2.45, 2.75) is 0 Å². The summed E-state index contributed by atoms with van der Waals surface area (Å²) in [5.74, 6) is 0. The maximum absolute atomic E-state index is 4.89. The number of rotatable bonds is 3. The van der Waals surface area contributed by atoms with Crippen molar-refractivity contribution in [1.82, 2.24) is 5.32 Å². The Morgan fingerprint density at radius 2 is 2.00 bits per heavy atom. The molecule has 0 unspecified atom stereocenters. The zero-order chi connectivity index (χ0) is 8.81. The van der Waals surface area contributed by atoms with E-state index in [0.29, 0.717) is 0 Å². The van der Waals surface area contributed by atoms with Gasteiger partial charge >= 0.3 is 0 Å². The molecule has 1 rings (SSSR count). The third-order valence-electron chi connectivity index (χ3n) is 1.53. The van der Waals surface area contributed by atoms with Gasteiger partial charge in [-0.3, -0.25) is 0 Å².